The molecule has 2 fully saturated rings. The quantitative estimate of drug-likeness (QED) is 0.862. The summed E-state index contributed by atoms with van der Waals surface area (Å²) < 4.78 is 5.63. The van der Waals surface area contributed by atoms with E-state index in [1.807, 2.05) is 24.4 Å². The molecule has 23 heavy (non-hydrogen) atoms. The lowest BCUT2D eigenvalue weighted by atomic mass is 9.97. The number of hydrogen-bond acceptors (Lipinski definition) is 4. The van der Waals surface area contributed by atoms with Crippen LogP contribution in [0.4, 0.5) is 5.82 Å². The van der Waals surface area contributed by atoms with Crippen molar-refractivity contribution >= 4 is 5.82 Å². The molecule has 120 valence electrons. The van der Waals surface area contributed by atoms with E-state index in [9.17, 15) is 0 Å². The second-order valence-electron chi connectivity index (χ2n) is 6.40. The lowest BCUT2D eigenvalue weighted by molar-refractivity contribution is 0.130. The summed E-state index contributed by atoms with van der Waals surface area (Å²) in [6.07, 6.45) is 4.50. The molecule has 4 nitrogen and oxygen atoms in total. The van der Waals surface area contributed by atoms with Crippen LogP contribution in [-0.4, -0.2) is 41.7 Å². The van der Waals surface area contributed by atoms with Gasteiger partial charge in [0.05, 0.1) is 12.6 Å². The van der Waals surface area contributed by atoms with Gasteiger partial charge < -0.3 is 10.1 Å². The zero-order valence-electron chi connectivity index (χ0n) is 13.3. The van der Waals surface area contributed by atoms with Gasteiger partial charge in [0.15, 0.2) is 0 Å². The number of ether oxygens (including phenoxy) is 1. The molecule has 2 aromatic rings. The minimum Gasteiger partial charge on any atom is -0.371 e. The smallest absolute Gasteiger partial charge is 0.126 e. The van der Waals surface area contributed by atoms with E-state index in [1.165, 1.54) is 5.56 Å². The Kier molecular flexibility index (Phi) is 4.26. The summed E-state index contributed by atoms with van der Waals surface area (Å²) >= 11 is 0. The number of epoxide rings is 1. The Labute approximate surface area is 137 Å². The summed E-state index contributed by atoms with van der Waals surface area (Å²) in [7, 11) is 0. The van der Waals surface area contributed by atoms with Crippen LogP contribution in [0.15, 0.2) is 54.7 Å². The molecule has 4 rings (SSSR count). The van der Waals surface area contributed by atoms with Gasteiger partial charge in [0.2, 0.25) is 0 Å². The maximum atomic E-state index is 5.63. The maximum Gasteiger partial charge on any atom is 0.126 e. The van der Waals surface area contributed by atoms with Gasteiger partial charge >= 0.3 is 0 Å². The third kappa shape index (κ3) is 3.54. The van der Waals surface area contributed by atoms with Crippen LogP contribution in [0.3, 0.4) is 0 Å². The van der Waals surface area contributed by atoms with E-state index in [0.29, 0.717) is 18.2 Å². The minimum atomic E-state index is 0.373. The Balaban J connectivity index is 1.38. The summed E-state index contributed by atoms with van der Waals surface area (Å²) in [5, 5.41) is 3.56. The number of benzene rings is 1. The number of nitrogens with zero attached hydrogens (tertiary/aromatic N) is 2. The van der Waals surface area contributed by atoms with Crippen LogP contribution in [0, 0.1) is 0 Å². The number of hydrogen-bond donors (Lipinski definition) is 1. The number of nitrogens with one attached hydrogen (secondary N) is 1. The highest BCUT2D eigenvalue weighted by Gasteiger charge is 2.39. The highest BCUT2D eigenvalue weighted by molar-refractivity contribution is 5.34. The van der Waals surface area contributed by atoms with E-state index in [2.05, 4.69) is 45.5 Å². The van der Waals surface area contributed by atoms with Gasteiger partial charge in [-0.25, -0.2) is 4.98 Å². The molecule has 4 heteroatoms. The Hall–Kier alpha value is -1.91. The number of aromatic nitrogens is 1. The highest BCUT2D eigenvalue weighted by Crippen LogP contribution is 2.35. The SMILES string of the molecule is c1ccc(C(C2CO2)N2CCC(Nc3ccccn3)CC2)cc1. The summed E-state index contributed by atoms with van der Waals surface area (Å²) in [5.41, 5.74) is 1.38. The molecule has 2 aliphatic rings. The van der Waals surface area contributed by atoms with Crippen molar-refractivity contribution in [3.05, 3.63) is 60.3 Å². The molecular formula is C19H23N3O. The number of piperidine rings is 1. The van der Waals surface area contributed by atoms with Crippen LogP contribution in [0.1, 0.15) is 24.4 Å². The molecule has 1 aromatic heterocycles. The lowest BCUT2D eigenvalue weighted by Gasteiger charge is -2.37. The molecule has 2 atom stereocenters. The first-order valence-corrected chi connectivity index (χ1v) is 8.48. The fourth-order valence-corrected chi connectivity index (χ4v) is 3.53. The van der Waals surface area contributed by atoms with Crippen LogP contribution in [-0.2, 0) is 4.74 Å². The van der Waals surface area contributed by atoms with Crippen LogP contribution in [0.25, 0.3) is 0 Å². The fraction of sp³-hybridized carbons (Fsp3) is 0.421. The topological polar surface area (TPSA) is 40.7 Å². The molecule has 1 N–H and O–H groups in total. The van der Waals surface area contributed by atoms with E-state index in [-0.39, 0.29) is 0 Å². The van der Waals surface area contributed by atoms with Gasteiger partial charge in [0, 0.05) is 25.3 Å². The zero-order chi connectivity index (χ0) is 15.5. The number of anilines is 1. The third-order valence-electron chi connectivity index (χ3n) is 4.79. The predicted octanol–water partition coefficient (Wildman–Crippen LogP) is 3.10. The second kappa shape index (κ2) is 6.69. The molecule has 0 bridgehead atoms. The number of likely N-dealkylation sites (tertiary alicyclic amines) is 1. The number of pyridine rings is 1. The van der Waals surface area contributed by atoms with Crippen LogP contribution in [0.5, 0.6) is 0 Å². The summed E-state index contributed by atoms with van der Waals surface area (Å²) in [5.74, 6) is 0.982. The highest BCUT2D eigenvalue weighted by atomic mass is 16.6. The predicted molar refractivity (Wildman–Crippen MR) is 91.4 cm³/mol. The largest absolute Gasteiger partial charge is 0.371 e. The van der Waals surface area contributed by atoms with E-state index in [1.54, 1.807) is 0 Å². The van der Waals surface area contributed by atoms with E-state index >= 15 is 0 Å². The minimum absolute atomic E-state index is 0.373. The molecule has 2 unspecified atom stereocenters. The molecule has 0 saturated carbocycles. The van der Waals surface area contributed by atoms with Crippen molar-refractivity contribution in [2.75, 3.05) is 25.0 Å². The van der Waals surface area contributed by atoms with Crippen LogP contribution >= 0.6 is 0 Å². The Bertz CT molecular complexity index is 607. The molecule has 0 aliphatic carbocycles. The molecule has 0 amide bonds. The van der Waals surface area contributed by atoms with Gasteiger partial charge in [0.1, 0.15) is 11.9 Å². The van der Waals surface area contributed by atoms with Crippen molar-refractivity contribution < 1.29 is 4.74 Å². The van der Waals surface area contributed by atoms with Gasteiger partial charge in [-0.3, -0.25) is 4.90 Å². The Morgan fingerprint density at radius 3 is 2.43 bits per heavy atom. The average Bonchev–Trinajstić information content (AvgIpc) is 3.44. The fourth-order valence-electron chi connectivity index (χ4n) is 3.53. The average molecular weight is 309 g/mol. The monoisotopic (exact) mass is 309 g/mol. The van der Waals surface area contributed by atoms with E-state index in [4.69, 9.17) is 4.74 Å². The Morgan fingerprint density at radius 2 is 1.78 bits per heavy atom. The van der Waals surface area contributed by atoms with Crippen molar-refractivity contribution in [2.45, 2.75) is 31.0 Å². The molecule has 3 heterocycles. The summed E-state index contributed by atoms with van der Waals surface area (Å²) in [6, 6.07) is 17.7. The van der Waals surface area contributed by atoms with Crippen LogP contribution in [0.2, 0.25) is 0 Å². The lowest BCUT2D eigenvalue weighted by Crippen LogP contribution is -2.42. The van der Waals surface area contributed by atoms with Crippen molar-refractivity contribution in [3.8, 4) is 0 Å². The van der Waals surface area contributed by atoms with Crippen molar-refractivity contribution in [2.24, 2.45) is 0 Å². The number of rotatable bonds is 5. The Morgan fingerprint density at radius 1 is 1.04 bits per heavy atom. The van der Waals surface area contributed by atoms with E-state index < -0.39 is 0 Å². The third-order valence-corrected chi connectivity index (χ3v) is 4.79. The van der Waals surface area contributed by atoms with Gasteiger partial charge in [0.25, 0.3) is 0 Å². The first-order valence-electron chi connectivity index (χ1n) is 8.48. The van der Waals surface area contributed by atoms with Gasteiger partial charge in [-0.2, -0.15) is 0 Å². The summed E-state index contributed by atoms with van der Waals surface area (Å²) in [4.78, 5) is 6.95. The standard InChI is InChI=1S/C19H23N3O/c1-2-6-15(7-3-1)19(17-14-23-17)22-12-9-16(10-13-22)21-18-8-4-5-11-20-18/h1-8,11,16-17,19H,9-10,12-14H2,(H,20,21). The normalized spacial score (nSPS) is 23.4. The molecule has 1 aromatic carbocycles. The van der Waals surface area contributed by atoms with Gasteiger partial charge in [-0.1, -0.05) is 36.4 Å². The van der Waals surface area contributed by atoms with Crippen molar-refractivity contribution in [3.63, 3.8) is 0 Å². The first-order chi connectivity index (χ1) is 11.4. The second-order valence-corrected chi connectivity index (χ2v) is 6.40. The molecule has 0 spiro atoms. The maximum absolute atomic E-state index is 5.63. The van der Waals surface area contributed by atoms with E-state index in [0.717, 1.165) is 38.4 Å². The van der Waals surface area contributed by atoms with Crippen molar-refractivity contribution in [1.82, 2.24) is 9.88 Å². The molecular weight excluding hydrogens is 286 g/mol. The van der Waals surface area contributed by atoms with Gasteiger partial charge in [-0.15, -0.1) is 0 Å². The van der Waals surface area contributed by atoms with Crippen molar-refractivity contribution in [1.29, 1.82) is 0 Å². The zero-order valence-corrected chi connectivity index (χ0v) is 13.3. The molecule has 2 aliphatic heterocycles. The van der Waals surface area contributed by atoms with Gasteiger partial charge in [-0.05, 0) is 30.5 Å². The first kappa shape index (κ1) is 14.7. The van der Waals surface area contributed by atoms with Crippen LogP contribution < -0.4 is 5.32 Å². The molecule has 2 saturated heterocycles. The summed E-state index contributed by atoms with van der Waals surface area (Å²) in [6.45, 7) is 3.10. The molecule has 0 radical (unpaired) electrons.